The lowest BCUT2D eigenvalue weighted by Gasteiger charge is -2.25. The molecule has 0 unspecified atom stereocenters. The highest BCUT2D eigenvalue weighted by Crippen LogP contribution is 2.26. The van der Waals surface area contributed by atoms with Gasteiger partial charge < -0.3 is 10.5 Å². The van der Waals surface area contributed by atoms with Crippen molar-refractivity contribution in [3.05, 3.63) is 86.1 Å². The summed E-state index contributed by atoms with van der Waals surface area (Å²) in [5.41, 5.74) is 7.19. The summed E-state index contributed by atoms with van der Waals surface area (Å²) >= 11 is 0. The number of rotatable bonds is 9. The van der Waals surface area contributed by atoms with Crippen LogP contribution in [-0.4, -0.2) is 22.6 Å². The number of ether oxygens (including phenoxy) is 1. The number of nitrogens with one attached hydrogen (secondary N) is 1. The van der Waals surface area contributed by atoms with Crippen molar-refractivity contribution in [1.82, 2.24) is 9.55 Å². The number of aromatic nitrogens is 2. The second kappa shape index (κ2) is 10.9. The summed E-state index contributed by atoms with van der Waals surface area (Å²) < 4.78 is 6.77. The minimum atomic E-state index is -0.711. The van der Waals surface area contributed by atoms with Crippen LogP contribution in [0.2, 0.25) is 0 Å². The van der Waals surface area contributed by atoms with E-state index in [4.69, 9.17) is 10.5 Å². The molecule has 0 radical (unpaired) electrons. The first kappa shape index (κ1) is 24.8. The number of hydrogen-bond acceptors (Lipinski definition) is 5. The lowest BCUT2D eigenvalue weighted by Crippen LogP contribution is -2.41. The van der Waals surface area contributed by atoms with Gasteiger partial charge in [-0.2, -0.15) is 0 Å². The maximum atomic E-state index is 13.7. The van der Waals surface area contributed by atoms with Gasteiger partial charge in [0.05, 0.1) is 13.7 Å². The molecule has 0 saturated heterocycles. The lowest BCUT2D eigenvalue weighted by molar-refractivity contribution is 0.0984. The third-order valence-electron chi connectivity index (χ3n) is 5.81. The number of nitrogens with two attached hydrogens (primary N) is 1. The summed E-state index contributed by atoms with van der Waals surface area (Å²) in [5, 5.41) is 0. The Morgan fingerprint density at radius 2 is 1.79 bits per heavy atom. The van der Waals surface area contributed by atoms with Gasteiger partial charge in [0.15, 0.2) is 5.69 Å². The molecule has 34 heavy (non-hydrogen) atoms. The fraction of sp³-hybridized carbons (Fsp3) is 0.346. The van der Waals surface area contributed by atoms with Crippen LogP contribution in [0.25, 0.3) is 0 Å². The number of H-pyrrole nitrogens is 1. The minimum Gasteiger partial charge on any atom is -0.496 e. The zero-order valence-corrected chi connectivity index (χ0v) is 20.1. The first-order valence-electron chi connectivity index (χ1n) is 11.4. The zero-order chi connectivity index (χ0) is 24.8. The Hall–Kier alpha value is -3.81. The van der Waals surface area contributed by atoms with Gasteiger partial charge in [-0.15, -0.1) is 0 Å². The highest BCUT2D eigenvalue weighted by molar-refractivity contribution is 6.07. The maximum Gasteiger partial charge on any atom is 0.330 e. The van der Waals surface area contributed by atoms with E-state index in [-0.39, 0.29) is 18.1 Å². The molecule has 3 N–H and O–H groups in total. The van der Waals surface area contributed by atoms with Crippen molar-refractivity contribution in [2.45, 2.75) is 52.6 Å². The summed E-state index contributed by atoms with van der Waals surface area (Å²) in [5.74, 6) is 0.447. The molecular weight excluding hydrogens is 432 g/mol. The van der Waals surface area contributed by atoms with E-state index in [0.29, 0.717) is 35.8 Å². The molecule has 0 aliphatic rings. The maximum absolute atomic E-state index is 13.7. The Bertz CT molecular complexity index is 1260. The number of anilines is 2. The number of unbranched alkanes of at least 4 members (excludes halogenated alkanes) is 1. The fourth-order valence-electron chi connectivity index (χ4n) is 3.80. The Labute approximate surface area is 199 Å². The van der Waals surface area contributed by atoms with Crippen molar-refractivity contribution in [2.24, 2.45) is 0 Å². The van der Waals surface area contributed by atoms with Crippen molar-refractivity contribution in [2.75, 3.05) is 17.7 Å². The van der Waals surface area contributed by atoms with Crippen LogP contribution in [-0.2, 0) is 13.1 Å². The van der Waals surface area contributed by atoms with Gasteiger partial charge in [-0.05, 0) is 36.1 Å². The van der Waals surface area contributed by atoms with Gasteiger partial charge in [0, 0.05) is 17.7 Å². The van der Waals surface area contributed by atoms with E-state index in [2.05, 4.69) is 18.8 Å². The Morgan fingerprint density at radius 1 is 1.12 bits per heavy atom. The molecule has 0 saturated carbocycles. The summed E-state index contributed by atoms with van der Waals surface area (Å²) in [7, 11) is 1.54. The highest BCUT2D eigenvalue weighted by Gasteiger charge is 2.26. The van der Waals surface area contributed by atoms with E-state index in [1.165, 1.54) is 9.47 Å². The highest BCUT2D eigenvalue weighted by atomic mass is 16.5. The monoisotopic (exact) mass is 464 g/mol. The lowest BCUT2D eigenvalue weighted by atomic mass is 10.0. The third kappa shape index (κ3) is 5.22. The number of carbonyl (C=O) groups is 1. The SMILES string of the molecule is CCCCn1c(N)c(N(Cc2ccccc2OC)C(=O)c2ccc(C(C)C)cc2)c(=O)[nH]c1=O. The molecule has 1 heterocycles. The molecule has 3 aromatic rings. The minimum absolute atomic E-state index is 0.0358. The van der Waals surface area contributed by atoms with Crippen LogP contribution in [0.1, 0.15) is 61.0 Å². The van der Waals surface area contributed by atoms with Crippen molar-refractivity contribution < 1.29 is 9.53 Å². The van der Waals surface area contributed by atoms with Crippen molar-refractivity contribution >= 4 is 17.4 Å². The Balaban J connectivity index is 2.16. The number of nitrogen functional groups attached to an aromatic ring is 1. The third-order valence-corrected chi connectivity index (χ3v) is 5.81. The van der Waals surface area contributed by atoms with Gasteiger partial charge >= 0.3 is 5.69 Å². The molecule has 3 rings (SSSR count). The normalized spacial score (nSPS) is 11.0. The van der Waals surface area contributed by atoms with E-state index in [0.717, 1.165) is 12.0 Å². The first-order valence-corrected chi connectivity index (χ1v) is 11.4. The van der Waals surface area contributed by atoms with Crippen molar-refractivity contribution in [3.8, 4) is 5.75 Å². The number of methoxy groups -OCH3 is 1. The second-order valence-electron chi connectivity index (χ2n) is 8.48. The molecule has 0 bridgehead atoms. The van der Waals surface area contributed by atoms with Crippen LogP contribution >= 0.6 is 0 Å². The number of para-hydroxylation sites is 1. The number of carbonyl (C=O) groups excluding carboxylic acids is 1. The number of amides is 1. The smallest absolute Gasteiger partial charge is 0.330 e. The number of nitrogens with zero attached hydrogens (tertiary/aromatic N) is 2. The molecular formula is C26H32N4O4. The largest absolute Gasteiger partial charge is 0.496 e. The van der Waals surface area contributed by atoms with Crippen LogP contribution in [0, 0.1) is 0 Å². The molecule has 0 spiro atoms. The molecule has 1 amide bonds. The van der Waals surface area contributed by atoms with Crippen molar-refractivity contribution in [1.29, 1.82) is 0 Å². The van der Waals surface area contributed by atoms with Crippen LogP contribution in [0.4, 0.5) is 11.5 Å². The van der Waals surface area contributed by atoms with E-state index in [9.17, 15) is 14.4 Å². The Morgan fingerprint density at radius 3 is 2.41 bits per heavy atom. The van der Waals surface area contributed by atoms with Crippen LogP contribution in [0.3, 0.4) is 0 Å². The average molecular weight is 465 g/mol. The van der Waals surface area contributed by atoms with Crippen LogP contribution < -0.4 is 26.6 Å². The number of aromatic amines is 1. The van der Waals surface area contributed by atoms with E-state index < -0.39 is 17.2 Å². The van der Waals surface area contributed by atoms with Crippen LogP contribution in [0.5, 0.6) is 5.75 Å². The number of hydrogen-bond donors (Lipinski definition) is 2. The molecule has 8 nitrogen and oxygen atoms in total. The topological polar surface area (TPSA) is 110 Å². The summed E-state index contributed by atoms with van der Waals surface area (Å²) in [6.07, 6.45) is 1.54. The molecule has 0 aliphatic heterocycles. The molecule has 0 atom stereocenters. The van der Waals surface area contributed by atoms with Crippen LogP contribution in [0.15, 0.2) is 58.1 Å². The second-order valence-corrected chi connectivity index (χ2v) is 8.48. The molecule has 8 heteroatoms. The number of benzene rings is 2. The predicted octanol–water partition coefficient (Wildman–Crippen LogP) is 3.90. The van der Waals surface area contributed by atoms with Crippen molar-refractivity contribution in [3.63, 3.8) is 0 Å². The molecule has 180 valence electrons. The molecule has 2 aromatic carbocycles. The standard InChI is InChI=1S/C26H32N4O4/c1-5-6-15-29-23(27)22(24(31)28-26(29)33)30(16-20-9-7-8-10-21(20)34-4)25(32)19-13-11-18(12-14-19)17(2)3/h7-14,17H,5-6,15-16,27H2,1-4H3,(H,28,31,33). The molecule has 1 aromatic heterocycles. The van der Waals surface area contributed by atoms with Gasteiger partial charge in [-0.3, -0.25) is 24.0 Å². The fourth-order valence-corrected chi connectivity index (χ4v) is 3.80. The van der Waals surface area contributed by atoms with Gasteiger partial charge in [0.1, 0.15) is 11.6 Å². The average Bonchev–Trinajstić information content (AvgIpc) is 2.83. The first-order chi connectivity index (χ1) is 16.3. The van der Waals surface area contributed by atoms with Gasteiger partial charge in [0.25, 0.3) is 11.5 Å². The zero-order valence-electron chi connectivity index (χ0n) is 20.1. The van der Waals surface area contributed by atoms with E-state index in [1.807, 2.05) is 37.3 Å². The molecule has 0 fully saturated rings. The van der Waals surface area contributed by atoms with Gasteiger partial charge in [0.2, 0.25) is 0 Å². The summed E-state index contributed by atoms with van der Waals surface area (Å²) in [6.45, 7) is 6.51. The Kier molecular flexibility index (Phi) is 7.94. The summed E-state index contributed by atoms with van der Waals surface area (Å²) in [4.78, 5) is 42.8. The summed E-state index contributed by atoms with van der Waals surface area (Å²) in [6, 6.07) is 14.5. The predicted molar refractivity (Wildman–Crippen MR) is 135 cm³/mol. The molecule has 0 aliphatic carbocycles. The van der Waals surface area contributed by atoms with E-state index >= 15 is 0 Å². The van der Waals surface area contributed by atoms with Gasteiger partial charge in [-0.25, -0.2) is 4.79 Å². The van der Waals surface area contributed by atoms with E-state index in [1.54, 1.807) is 25.3 Å². The quantitative estimate of drug-likeness (QED) is 0.499. The van der Waals surface area contributed by atoms with Gasteiger partial charge in [-0.1, -0.05) is 57.5 Å².